The van der Waals surface area contributed by atoms with Crippen molar-refractivity contribution in [2.24, 2.45) is 0 Å². The van der Waals surface area contributed by atoms with Crippen molar-refractivity contribution in [2.75, 3.05) is 0 Å². The summed E-state index contributed by atoms with van der Waals surface area (Å²) >= 11 is 0. The number of hydrogen-bond donors (Lipinski definition) is 1. The van der Waals surface area contributed by atoms with Gasteiger partial charge >= 0.3 is 0 Å². The Kier molecular flexibility index (Phi) is 7.96. The lowest BCUT2D eigenvalue weighted by atomic mass is 9.88. The molecular formula is C45H34N4. The lowest BCUT2D eigenvalue weighted by Gasteiger charge is -2.16. The zero-order chi connectivity index (χ0) is 33.2. The third kappa shape index (κ3) is 5.97. The largest absolute Gasteiger partial charge is 0.277 e. The van der Waals surface area contributed by atoms with E-state index in [1.807, 2.05) is 55.7 Å². The molecule has 0 saturated carbocycles. The summed E-state index contributed by atoms with van der Waals surface area (Å²) in [6.45, 7) is 4.18. The maximum absolute atomic E-state index is 4.56. The Bertz CT molecular complexity index is 2230. The first kappa shape index (κ1) is 30.0. The molecule has 1 N–H and O–H groups in total. The van der Waals surface area contributed by atoms with Crippen molar-refractivity contribution in [3.05, 3.63) is 175 Å². The van der Waals surface area contributed by atoms with Gasteiger partial charge in [0.05, 0.1) is 22.8 Å². The first-order valence-electron chi connectivity index (χ1n) is 16.5. The van der Waals surface area contributed by atoms with Gasteiger partial charge in [0, 0.05) is 29.1 Å². The maximum Gasteiger partial charge on any atom is 0.0701 e. The van der Waals surface area contributed by atoms with Crippen LogP contribution in [-0.4, -0.2) is 20.2 Å². The molecule has 0 bridgehead atoms. The van der Waals surface area contributed by atoms with Gasteiger partial charge < -0.3 is 0 Å². The number of rotatable bonds is 7. The Balaban J connectivity index is 1.26. The fourth-order valence-electron chi connectivity index (χ4n) is 6.53. The molecule has 49 heavy (non-hydrogen) atoms. The lowest BCUT2D eigenvalue weighted by Crippen LogP contribution is -1.92. The Morgan fingerprint density at radius 1 is 0.388 bits per heavy atom. The number of nitrogens with zero attached hydrogens (tertiary/aromatic N) is 3. The molecule has 4 heteroatoms. The molecule has 0 aliphatic heterocycles. The van der Waals surface area contributed by atoms with Gasteiger partial charge in [-0.3, -0.25) is 15.1 Å². The molecule has 0 aliphatic carbocycles. The van der Waals surface area contributed by atoms with Gasteiger partial charge in [-0.25, -0.2) is 0 Å². The summed E-state index contributed by atoms with van der Waals surface area (Å²) in [6.07, 6.45) is 3.67. The Morgan fingerprint density at radius 3 is 1.16 bits per heavy atom. The van der Waals surface area contributed by atoms with Crippen LogP contribution in [0.4, 0.5) is 0 Å². The summed E-state index contributed by atoms with van der Waals surface area (Å²) in [5, 5.41) is 7.88. The number of aryl methyl sites for hydroxylation is 1. The fraction of sp³-hybridized carbons (Fsp3) is 0.0444. The van der Waals surface area contributed by atoms with Crippen LogP contribution in [0.2, 0.25) is 0 Å². The van der Waals surface area contributed by atoms with Gasteiger partial charge in [-0.1, -0.05) is 109 Å². The van der Waals surface area contributed by atoms with Crippen LogP contribution in [0.5, 0.6) is 0 Å². The van der Waals surface area contributed by atoms with E-state index in [0.29, 0.717) is 0 Å². The predicted octanol–water partition coefficient (Wildman–Crippen LogP) is 11.5. The number of hydrogen-bond acceptors (Lipinski definition) is 3. The highest BCUT2D eigenvalue weighted by Gasteiger charge is 2.16. The number of aromatic nitrogens is 4. The highest BCUT2D eigenvalue weighted by Crippen LogP contribution is 2.41. The van der Waals surface area contributed by atoms with Gasteiger partial charge in [0.15, 0.2) is 0 Å². The van der Waals surface area contributed by atoms with Crippen LogP contribution in [0.3, 0.4) is 0 Å². The Labute approximate surface area is 286 Å². The van der Waals surface area contributed by atoms with Gasteiger partial charge in [-0.15, -0.1) is 0 Å². The Morgan fingerprint density at radius 2 is 0.776 bits per heavy atom. The minimum Gasteiger partial charge on any atom is -0.277 e. The maximum atomic E-state index is 4.56. The van der Waals surface area contributed by atoms with Crippen molar-refractivity contribution < 1.29 is 0 Å². The summed E-state index contributed by atoms with van der Waals surface area (Å²) in [5.41, 5.74) is 17.7. The summed E-state index contributed by atoms with van der Waals surface area (Å²) in [5.74, 6) is 0. The molecule has 0 saturated heterocycles. The highest BCUT2D eigenvalue weighted by atomic mass is 15.1. The second-order valence-corrected chi connectivity index (χ2v) is 12.3. The second kappa shape index (κ2) is 13.0. The molecule has 234 valence electrons. The molecule has 0 radical (unpaired) electrons. The van der Waals surface area contributed by atoms with Crippen molar-refractivity contribution in [1.82, 2.24) is 20.2 Å². The normalized spacial score (nSPS) is 11.1. The second-order valence-electron chi connectivity index (χ2n) is 12.3. The molecule has 0 atom stereocenters. The standard InChI is InChI=1S/C45H34N4/c1-30-31(2)48-49-45(30)38-28-36(41-13-5-3-11-39(41)32-17-21-34(22-18-32)43-15-7-9-25-46-43)27-37(29-38)42-14-6-4-12-40(42)33-19-23-35(24-20-33)44-16-8-10-26-47-44/h3-29H,1-2H3,(H,48,49). The third-order valence-corrected chi connectivity index (χ3v) is 9.26. The van der Waals surface area contributed by atoms with Crippen LogP contribution in [0.15, 0.2) is 164 Å². The smallest absolute Gasteiger partial charge is 0.0701 e. The van der Waals surface area contributed by atoms with Crippen LogP contribution in [0, 0.1) is 13.8 Å². The molecule has 8 aromatic rings. The predicted molar refractivity (Wildman–Crippen MR) is 202 cm³/mol. The van der Waals surface area contributed by atoms with E-state index in [1.165, 1.54) is 22.3 Å². The van der Waals surface area contributed by atoms with E-state index in [0.717, 1.165) is 67.3 Å². The van der Waals surface area contributed by atoms with Crippen LogP contribution in [-0.2, 0) is 0 Å². The van der Waals surface area contributed by atoms with Gasteiger partial charge in [-0.2, -0.15) is 5.10 Å². The van der Waals surface area contributed by atoms with E-state index in [1.54, 1.807) is 0 Å². The number of aromatic amines is 1. The summed E-state index contributed by atoms with van der Waals surface area (Å²) < 4.78 is 0. The average molecular weight is 631 g/mol. The first-order chi connectivity index (χ1) is 24.1. The van der Waals surface area contributed by atoms with Crippen molar-refractivity contribution in [1.29, 1.82) is 0 Å². The minimum atomic E-state index is 0.968. The van der Waals surface area contributed by atoms with E-state index in [4.69, 9.17) is 0 Å². The van der Waals surface area contributed by atoms with Gasteiger partial charge in [-0.05, 0) is 106 Å². The zero-order valence-corrected chi connectivity index (χ0v) is 27.4. The first-order valence-corrected chi connectivity index (χ1v) is 16.5. The lowest BCUT2D eigenvalue weighted by molar-refractivity contribution is 1.05. The van der Waals surface area contributed by atoms with Crippen LogP contribution < -0.4 is 0 Å². The molecule has 3 aromatic heterocycles. The number of H-pyrrole nitrogens is 1. The van der Waals surface area contributed by atoms with Gasteiger partial charge in [0.1, 0.15) is 0 Å². The van der Waals surface area contributed by atoms with Crippen molar-refractivity contribution >= 4 is 0 Å². The fourth-order valence-corrected chi connectivity index (χ4v) is 6.53. The van der Waals surface area contributed by atoms with Crippen molar-refractivity contribution in [3.63, 3.8) is 0 Å². The molecule has 0 unspecified atom stereocenters. The molecule has 8 rings (SSSR count). The number of benzene rings is 5. The molecule has 0 amide bonds. The summed E-state index contributed by atoms with van der Waals surface area (Å²) in [7, 11) is 0. The van der Waals surface area contributed by atoms with Crippen LogP contribution in [0.1, 0.15) is 11.3 Å². The molecule has 0 fully saturated rings. The van der Waals surface area contributed by atoms with E-state index in [2.05, 4.69) is 142 Å². The zero-order valence-electron chi connectivity index (χ0n) is 27.4. The van der Waals surface area contributed by atoms with E-state index in [9.17, 15) is 0 Å². The van der Waals surface area contributed by atoms with Gasteiger partial charge in [0.2, 0.25) is 0 Å². The molecule has 0 spiro atoms. The minimum absolute atomic E-state index is 0.968. The van der Waals surface area contributed by atoms with Crippen molar-refractivity contribution in [3.8, 4) is 78.3 Å². The SMILES string of the molecule is Cc1n[nH]c(-c2cc(-c3ccccc3-c3ccc(-c4ccccn4)cc3)cc(-c3ccccc3-c3ccc(-c4ccccn4)cc3)c2)c1C. The number of pyridine rings is 2. The van der Waals surface area contributed by atoms with Crippen LogP contribution >= 0.6 is 0 Å². The van der Waals surface area contributed by atoms with Crippen LogP contribution in [0.25, 0.3) is 78.3 Å². The molecule has 3 heterocycles. The quantitative estimate of drug-likeness (QED) is 0.191. The molecule has 4 nitrogen and oxygen atoms in total. The topological polar surface area (TPSA) is 54.5 Å². The summed E-state index contributed by atoms with van der Waals surface area (Å²) in [4.78, 5) is 9.08. The highest BCUT2D eigenvalue weighted by molar-refractivity contribution is 5.92. The molecule has 5 aromatic carbocycles. The Hall–Kier alpha value is -6.39. The van der Waals surface area contributed by atoms with E-state index >= 15 is 0 Å². The summed E-state index contributed by atoms with van der Waals surface area (Å²) in [6, 6.07) is 53.6. The van der Waals surface area contributed by atoms with E-state index < -0.39 is 0 Å². The molecular weight excluding hydrogens is 597 g/mol. The average Bonchev–Trinajstić information content (AvgIpc) is 3.52. The number of nitrogens with one attached hydrogen (secondary N) is 1. The molecule has 0 aliphatic rings. The van der Waals surface area contributed by atoms with Gasteiger partial charge in [0.25, 0.3) is 0 Å². The monoisotopic (exact) mass is 630 g/mol. The van der Waals surface area contributed by atoms with Crippen molar-refractivity contribution in [2.45, 2.75) is 13.8 Å². The van der Waals surface area contributed by atoms with E-state index in [-0.39, 0.29) is 0 Å². The third-order valence-electron chi connectivity index (χ3n) is 9.26.